The number of rotatable bonds is 8. The van der Waals surface area contributed by atoms with Gasteiger partial charge in [-0.15, -0.1) is 5.10 Å². The maximum atomic E-state index is 10.9. The van der Waals surface area contributed by atoms with Crippen LogP contribution in [0.5, 0.6) is 0 Å². The Morgan fingerprint density at radius 1 is 1.50 bits per heavy atom. The summed E-state index contributed by atoms with van der Waals surface area (Å²) in [5.74, 6) is -0.0469. The molecular weight excluding hydrogens is 258 g/mol. The van der Waals surface area contributed by atoms with Crippen LogP contribution in [0.2, 0.25) is 0 Å². The molecule has 8 nitrogen and oxygen atoms in total. The monoisotopic (exact) mass is 275 g/mol. The summed E-state index contributed by atoms with van der Waals surface area (Å²) < 4.78 is 11.7. The number of amides is 1. The third-order valence-electron chi connectivity index (χ3n) is 2.29. The Labute approximate surface area is 109 Å². The van der Waals surface area contributed by atoms with E-state index in [1.165, 1.54) is 11.8 Å². The minimum absolute atomic E-state index is 0.235. The molecule has 0 aromatic carbocycles. The van der Waals surface area contributed by atoms with E-state index in [1.54, 1.807) is 25.8 Å². The number of aromatic nitrogens is 4. The predicted octanol–water partition coefficient (Wildman–Crippen LogP) is -0.494. The maximum Gasteiger partial charge on any atom is 0.221 e. The molecule has 0 spiro atoms. The summed E-state index contributed by atoms with van der Waals surface area (Å²) in [6.07, 6.45) is -0.415. The summed E-state index contributed by atoms with van der Waals surface area (Å²) >= 11 is 1.37. The van der Waals surface area contributed by atoms with E-state index in [4.69, 9.17) is 15.2 Å². The van der Waals surface area contributed by atoms with Crippen LogP contribution in [0.25, 0.3) is 0 Å². The SMILES string of the molecule is COC(Cn1nnnc1SCC(C)C(N)=O)OC. The number of nitrogens with two attached hydrogens (primary N) is 1. The van der Waals surface area contributed by atoms with Gasteiger partial charge in [0.2, 0.25) is 11.1 Å². The van der Waals surface area contributed by atoms with Crippen LogP contribution in [0.4, 0.5) is 0 Å². The second-order valence-electron chi connectivity index (χ2n) is 3.66. The maximum absolute atomic E-state index is 10.9. The van der Waals surface area contributed by atoms with Crippen molar-refractivity contribution < 1.29 is 14.3 Å². The summed E-state index contributed by atoms with van der Waals surface area (Å²) in [5, 5.41) is 11.9. The lowest BCUT2D eigenvalue weighted by Gasteiger charge is -2.13. The van der Waals surface area contributed by atoms with E-state index in [-0.39, 0.29) is 11.8 Å². The van der Waals surface area contributed by atoms with Gasteiger partial charge in [0.25, 0.3) is 0 Å². The molecular formula is C9H17N5O3S. The van der Waals surface area contributed by atoms with Crippen molar-refractivity contribution in [1.82, 2.24) is 20.2 Å². The molecule has 1 amide bonds. The van der Waals surface area contributed by atoms with Gasteiger partial charge in [-0.1, -0.05) is 18.7 Å². The van der Waals surface area contributed by atoms with Crippen molar-refractivity contribution in [1.29, 1.82) is 0 Å². The summed E-state index contributed by atoms with van der Waals surface area (Å²) in [7, 11) is 3.08. The van der Waals surface area contributed by atoms with Gasteiger partial charge < -0.3 is 15.2 Å². The molecule has 1 aromatic heterocycles. The molecule has 0 bridgehead atoms. The van der Waals surface area contributed by atoms with Gasteiger partial charge in [0.05, 0.1) is 6.54 Å². The molecule has 0 fully saturated rings. The second kappa shape index (κ2) is 7.29. The fraction of sp³-hybridized carbons (Fsp3) is 0.778. The number of hydrogen-bond donors (Lipinski definition) is 1. The predicted molar refractivity (Wildman–Crippen MR) is 64.7 cm³/mol. The molecule has 0 aliphatic carbocycles. The number of thioether (sulfide) groups is 1. The first-order valence-electron chi connectivity index (χ1n) is 5.32. The van der Waals surface area contributed by atoms with Crippen LogP contribution in [0.1, 0.15) is 6.92 Å². The average molecular weight is 275 g/mol. The quantitative estimate of drug-likeness (QED) is 0.504. The van der Waals surface area contributed by atoms with Crippen LogP contribution in [-0.4, -0.2) is 52.4 Å². The molecule has 0 aliphatic rings. The molecule has 1 rings (SSSR count). The van der Waals surface area contributed by atoms with Crippen LogP contribution in [0.15, 0.2) is 5.16 Å². The van der Waals surface area contributed by atoms with Crippen molar-refractivity contribution in [2.75, 3.05) is 20.0 Å². The molecule has 1 unspecified atom stereocenters. The molecule has 2 N–H and O–H groups in total. The van der Waals surface area contributed by atoms with Gasteiger partial charge in [0, 0.05) is 25.9 Å². The lowest BCUT2D eigenvalue weighted by Crippen LogP contribution is -2.23. The average Bonchev–Trinajstić information content (AvgIpc) is 2.79. The largest absolute Gasteiger partial charge is 0.369 e. The molecule has 0 saturated carbocycles. The highest BCUT2D eigenvalue weighted by atomic mass is 32.2. The first-order valence-corrected chi connectivity index (χ1v) is 6.31. The van der Waals surface area contributed by atoms with Crippen LogP contribution < -0.4 is 5.73 Å². The summed E-state index contributed by atoms with van der Waals surface area (Å²) in [6, 6.07) is 0. The Kier molecular flexibility index (Phi) is 6.02. The summed E-state index contributed by atoms with van der Waals surface area (Å²) in [6.45, 7) is 2.14. The molecule has 18 heavy (non-hydrogen) atoms. The van der Waals surface area contributed by atoms with Gasteiger partial charge in [-0.3, -0.25) is 4.79 Å². The lowest BCUT2D eigenvalue weighted by molar-refractivity contribution is -0.120. The van der Waals surface area contributed by atoms with Crippen LogP contribution >= 0.6 is 11.8 Å². The van der Waals surface area contributed by atoms with Crippen molar-refractivity contribution in [2.45, 2.75) is 24.9 Å². The van der Waals surface area contributed by atoms with Crippen molar-refractivity contribution in [3.63, 3.8) is 0 Å². The molecule has 102 valence electrons. The number of primary amides is 1. The highest BCUT2D eigenvalue weighted by Crippen LogP contribution is 2.17. The van der Waals surface area contributed by atoms with Crippen molar-refractivity contribution in [3.8, 4) is 0 Å². The molecule has 0 radical (unpaired) electrons. The number of carbonyl (C=O) groups is 1. The Balaban J connectivity index is 2.57. The second-order valence-corrected chi connectivity index (χ2v) is 4.65. The number of carbonyl (C=O) groups excluding carboxylic acids is 1. The standard InChI is InChI=1S/C9H17N5O3S/c1-6(8(10)15)5-18-9-11-12-13-14(9)4-7(16-2)17-3/h6-7H,4-5H2,1-3H3,(H2,10,15). The van der Waals surface area contributed by atoms with E-state index in [9.17, 15) is 4.79 Å². The number of tetrazole rings is 1. The van der Waals surface area contributed by atoms with E-state index < -0.39 is 6.29 Å². The molecule has 9 heteroatoms. The Bertz CT molecular complexity index is 382. The van der Waals surface area contributed by atoms with Gasteiger partial charge >= 0.3 is 0 Å². The summed E-state index contributed by atoms with van der Waals surface area (Å²) in [4.78, 5) is 10.9. The van der Waals surface area contributed by atoms with Crippen molar-refractivity contribution in [3.05, 3.63) is 0 Å². The van der Waals surface area contributed by atoms with Gasteiger partial charge in [0.15, 0.2) is 6.29 Å². The first-order chi connectivity index (χ1) is 8.58. The van der Waals surface area contributed by atoms with E-state index in [1.807, 2.05) is 0 Å². The zero-order valence-corrected chi connectivity index (χ0v) is 11.4. The number of ether oxygens (including phenoxy) is 2. The Hall–Kier alpha value is -1.19. The third-order valence-corrected chi connectivity index (χ3v) is 3.51. The number of methoxy groups -OCH3 is 2. The zero-order chi connectivity index (χ0) is 13.5. The summed E-state index contributed by atoms with van der Waals surface area (Å²) in [5.41, 5.74) is 5.19. The van der Waals surface area contributed by atoms with E-state index in [0.29, 0.717) is 17.5 Å². The highest BCUT2D eigenvalue weighted by molar-refractivity contribution is 7.99. The third kappa shape index (κ3) is 4.24. The topological polar surface area (TPSA) is 105 Å². The highest BCUT2D eigenvalue weighted by Gasteiger charge is 2.15. The van der Waals surface area contributed by atoms with Gasteiger partial charge in [-0.25, -0.2) is 4.68 Å². The number of nitrogens with zero attached hydrogens (tertiary/aromatic N) is 4. The van der Waals surface area contributed by atoms with E-state index in [0.717, 1.165) is 0 Å². The van der Waals surface area contributed by atoms with Crippen molar-refractivity contribution >= 4 is 17.7 Å². The van der Waals surface area contributed by atoms with Crippen LogP contribution in [-0.2, 0) is 20.8 Å². The zero-order valence-electron chi connectivity index (χ0n) is 10.6. The van der Waals surface area contributed by atoms with Gasteiger partial charge in [0.1, 0.15) is 0 Å². The smallest absolute Gasteiger partial charge is 0.221 e. The van der Waals surface area contributed by atoms with Crippen molar-refractivity contribution in [2.24, 2.45) is 11.7 Å². The molecule has 1 atom stereocenters. The minimum Gasteiger partial charge on any atom is -0.369 e. The van der Waals surface area contributed by atoms with Crippen LogP contribution in [0.3, 0.4) is 0 Å². The fourth-order valence-electron chi connectivity index (χ4n) is 1.08. The first kappa shape index (κ1) is 14.9. The van der Waals surface area contributed by atoms with Gasteiger partial charge in [-0.05, 0) is 10.4 Å². The van der Waals surface area contributed by atoms with Crippen LogP contribution in [0, 0.1) is 5.92 Å². The minimum atomic E-state index is -0.415. The normalized spacial score (nSPS) is 12.9. The molecule has 0 aliphatic heterocycles. The molecule has 1 heterocycles. The van der Waals surface area contributed by atoms with Gasteiger partial charge in [-0.2, -0.15) is 0 Å². The Morgan fingerprint density at radius 2 is 2.17 bits per heavy atom. The van der Waals surface area contributed by atoms with E-state index >= 15 is 0 Å². The molecule has 0 saturated heterocycles. The van der Waals surface area contributed by atoms with E-state index in [2.05, 4.69) is 15.5 Å². The fourth-order valence-corrected chi connectivity index (χ4v) is 2.00. The lowest BCUT2D eigenvalue weighted by atomic mass is 10.2. The molecule has 1 aromatic rings. The number of hydrogen-bond acceptors (Lipinski definition) is 7. The Morgan fingerprint density at radius 3 is 2.72 bits per heavy atom.